The summed E-state index contributed by atoms with van der Waals surface area (Å²) >= 11 is 3.29. The highest BCUT2D eigenvalue weighted by Gasteiger charge is 2.35. The van der Waals surface area contributed by atoms with Crippen LogP contribution in [0.3, 0.4) is 0 Å². The van der Waals surface area contributed by atoms with Crippen LogP contribution in [0.15, 0.2) is 27.6 Å². The maximum atomic E-state index is 12.7. The number of hydrogen-bond acceptors (Lipinski definition) is 4. The number of halogens is 4. The third kappa shape index (κ3) is 3.61. The van der Waals surface area contributed by atoms with E-state index in [-0.39, 0.29) is 12.2 Å². The molecule has 1 N–H and O–H groups in total. The van der Waals surface area contributed by atoms with Crippen molar-refractivity contribution in [3.05, 3.63) is 55.9 Å². The number of nitrogens with one attached hydrogen (secondary N) is 1. The number of fused-ring (bicyclic) bond motifs is 1. The molecular weight excluding hydrogens is 377 g/mol. The van der Waals surface area contributed by atoms with Gasteiger partial charge in [-0.2, -0.15) is 13.2 Å². The SMILES string of the molecule is O=c1[nH]c(C(F)(F)F)nc2c1CN(Cc1cccc(Br)n1)CC2. The van der Waals surface area contributed by atoms with Crippen LogP contribution < -0.4 is 5.56 Å². The van der Waals surface area contributed by atoms with E-state index in [1.165, 1.54) is 0 Å². The highest BCUT2D eigenvalue weighted by Crippen LogP contribution is 2.26. The maximum Gasteiger partial charge on any atom is 0.449 e. The van der Waals surface area contributed by atoms with Gasteiger partial charge in [0.25, 0.3) is 5.56 Å². The minimum Gasteiger partial charge on any atom is -0.303 e. The molecule has 122 valence electrons. The second kappa shape index (κ2) is 6.04. The lowest BCUT2D eigenvalue weighted by atomic mass is 10.1. The number of alkyl halides is 3. The van der Waals surface area contributed by atoms with Gasteiger partial charge in [0.05, 0.1) is 17.0 Å². The average Bonchev–Trinajstić information content (AvgIpc) is 2.47. The Bertz CT molecular complexity index is 790. The Morgan fingerprint density at radius 2 is 2.09 bits per heavy atom. The standard InChI is InChI=1S/C14H12BrF3N4O/c15-11-3-1-2-8(19-11)6-22-5-4-10-9(7-22)12(23)21-13(20-10)14(16,17)18/h1-3H,4-7H2,(H,20,21,23). The predicted octanol–water partition coefficient (Wildman–Crippen LogP) is 2.50. The van der Waals surface area contributed by atoms with Crippen LogP contribution in [0.1, 0.15) is 22.8 Å². The van der Waals surface area contributed by atoms with Crippen LogP contribution in [-0.4, -0.2) is 26.4 Å². The molecule has 0 saturated heterocycles. The number of aromatic amines is 1. The molecule has 5 nitrogen and oxygen atoms in total. The van der Waals surface area contributed by atoms with Crippen LogP contribution >= 0.6 is 15.9 Å². The van der Waals surface area contributed by atoms with Crippen molar-refractivity contribution in [2.24, 2.45) is 0 Å². The lowest BCUT2D eigenvalue weighted by Gasteiger charge is -2.27. The first-order valence-corrected chi connectivity index (χ1v) is 7.65. The average molecular weight is 389 g/mol. The first-order valence-electron chi connectivity index (χ1n) is 6.86. The Labute approximate surface area is 137 Å². The number of pyridine rings is 1. The van der Waals surface area contributed by atoms with Gasteiger partial charge in [0.15, 0.2) is 0 Å². The van der Waals surface area contributed by atoms with Crippen LogP contribution in [0.5, 0.6) is 0 Å². The molecule has 2 aromatic heterocycles. The van der Waals surface area contributed by atoms with Crippen LogP contribution in [-0.2, 0) is 25.7 Å². The van der Waals surface area contributed by atoms with E-state index in [1.807, 2.05) is 28.1 Å². The lowest BCUT2D eigenvalue weighted by molar-refractivity contribution is -0.145. The molecule has 0 amide bonds. The first-order chi connectivity index (χ1) is 10.8. The second-order valence-corrected chi connectivity index (χ2v) is 6.06. The van der Waals surface area contributed by atoms with E-state index in [0.29, 0.717) is 29.7 Å². The van der Waals surface area contributed by atoms with Crippen molar-refractivity contribution in [3.63, 3.8) is 0 Å². The number of rotatable bonds is 2. The van der Waals surface area contributed by atoms with Crippen molar-refractivity contribution in [2.45, 2.75) is 25.7 Å². The van der Waals surface area contributed by atoms with Crippen molar-refractivity contribution in [1.29, 1.82) is 0 Å². The maximum absolute atomic E-state index is 12.7. The van der Waals surface area contributed by atoms with Crippen LogP contribution in [0.4, 0.5) is 13.2 Å². The van der Waals surface area contributed by atoms with Gasteiger partial charge in [0.2, 0.25) is 5.82 Å². The highest BCUT2D eigenvalue weighted by atomic mass is 79.9. The Kier molecular flexibility index (Phi) is 4.24. The minimum atomic E-state index is -4.65. The van der Waals surface area contributed by atoms with E-state index in [9.17, 15) is 18.0 Å². The van der Waals surface area contributed by atoms with Crippen LogP contribution in [0.25, 0.3) is 0 Å². The Morgan fingerprint density at radius 3 is 2.78 bits per heavy atom. The van der Waals surface area contributed by atoms with Crippen LogP contribution in [0.2, 0.25) is 0 Å². The zero-order chi connectivity index (χ0) is 16.6. The van der Waals surface area contributed by atoms with E-state index in [4.69, 9.17) is 0 Å². The largest absolute Gasteiger partial charge is 0.449 e. The van der Waals surface area contributed by atoms with E-state index in [1.54, 1.807) is 0 Å². The Balaban J connectivity index is 1.83. The molecule has 1 aliphatic rings. The molecular formula is C14H12BrF3N4O. The Morgan fingerprint density at radius 1 is 1.30 bits per heavy atom. The highest BCUT2D eigenvalue weighted by molar-refractivity contribution is 9.10. The molecule has 3 rings (SSSR count). The van der Waals surface area contributed by atoms with E-state index >= 15 is 0 Å². The third-order valence-electron chi connectivity index (χ3n) is 3.57. The van der Waals surface area contributed by atoms with Crippen molar-refractivity contribution < 1.29 is 13.2 Å². The van der Waals surface area contributed by atoms with Gasteiger partial charge in [0.1, 0.15) is 4.60 Å². The smallest absolute Gasteiger partial charge is 0.303 e. The Hall–Kier alpha value is -1.74. The van der Waals surface area contributed by atoms with E-state index in [0.717, 1.165) is 5.69 Å². The summed E-state index contributed by atoms with van der Waals surface area (Å²) in [7, 11) is 0. The molecule has 9 heteroatoms. The molecule has 0 radical (unpaired) electrons. The van der Waals surface area contributed by atoms with E-state index in [2.05, 4.69) is 25.9 Å². The molecule has 0 spiro atoms. The normalized spacial score (nSPS) is 15.5. The summed E-state index contributed by atoms with van der Waals surface area (Å²) in [4.78, 5) is 23.6. The number of nitrogens with zero attached hydrogens (tertiary/aromatic N) is 3. The summed E-state index contributed by atoms with van der Waals surface area (Å²) in [6, 6.07) is 5.52. The van der Waals surface area contributed by atoms with Crippen molar-refractivity contribution in [2.75, 3.05) is 6.54 Å². The molecule has 0 aromatic carbocycles. The third-order valence-corrected chi connectivity index (χ3v) is 4.02. The number of hydrogen-bond donors (Lipinski definition) is 1. The molecule has 0 saturated carbocycles. The van der Waals surface area contributed by atoms with Crippen molar-refractivity contribution >= 4 is 15.9 Å². The summed E-state index contributed by atoms with van der Waals surface area (Å²) in [5.74, 6) is -1.23. The van der Waals surface area contributed by atoms with Crippen molar-refractivity contribution in [3.8, 4) is 0 Å². The lowest BCUT2D eigenvalue weighted by Crippen LogP contribution is -2.36. The molecule has 23 heavy (non-hydrogen) atoms. The van der Waals surface area contributed by atoms with Crippen molar-refractivity contribution in [1.82, 2.24) is 19.9 Å². The van der Waals surface area contributed by atoms with Gasteiger partial charge in [-0.05, 0) is 28.1 Å². The molecule has 0 atom stereocenters. The fourth-order valence-corrected chi connectivity index (χ4v) is 2.90. The summed E-state index contributed by atoms with van der Waals surface area (Å²) in [5, 5.41) is 0. The molecule has 1 aliphatic heterocycles. The fraction of sp³-hybridized carbons (Fsp3) is 0.357. The summed E-state index contributed by atoms with van der Waals surface area (Å²) < 4.78 is 38.8. The minimum absolute atomic E-state index is 0.222. The topological polar surface area (TPSA) is 61.9 Å². The summed E-state index contributed by atoms with van der Waals surface area (Å²) in [5.41, 5.74) is 0.604. The molecule has 0 aliphatic carbocycles. The summed E-state index contributed by atoms with van der Waals surface area (Å²) in [6.45, 7) is 1.29. The zero-order valence-electron chi connectivity index (χ0n) is 11.8. The molecule has 3 heterocycles. The van der Waals surface area contributed by atoms with Gasteiger partial charge in [-0.1, -0.05) is 6.07 Å². The van der Waals surface area contributed by atoms with Gasteiger partial charge >= 0.3 is 6.18 Å². The predicted molar refractivity (Wildman–Crippen MR) is 79.6 cm³/mol. The van der Waals surface area contributed by atoms with Gasteiger partial charge in [-0.25, -0.2) is 9.97 Å². The van der Waals surface area contributed by atoms with Gasteiger partial charge < -0.3 is 4.98 Å². The molecule has 0 bridgehead atoms. The second-order valence-electron chi connectivity index (χ2n) is 5.25. The number of aromatic nitrogens is 3. The zero-order valence-corrected chi connectivity index (χ0v) is 13.4. The van der Waals surface area contributed by atoms with Gasteiger partial charge in [0, 0.05) is 26.1 Å². The van der Waals surface area contributed by atoms with Gasteiger partial charge in [-0.3, -0.25) is 9.69 Å². The molecule has 2 aromatic rings. The molecule has 0 fully saturated rings. The quantitative estimate of drug-likeness (QED) is 0.802. The van der Waals surface area contributed by atoms with Crippen LogP contribution in [0, 0.1) is 0 Å². The fourth-order valence-electron chi connectivity index (χ4n) is 2.52. The van der Waals surface area contributed by atoms with Gasteiger partial charge in [-0.15, -0.1) is 0 Å². The van der Waals surface area contributed by atoms with E-state index < -0.39 is 17.6 Å². The monoisotopic (exact) mass is 388 g/mol. The molecule has 0 unspecified atom stereocenters. The number of H-pyrrole nitrogens is 1. The first kappa shape index (κ1) is 16.1. The summed E-state index contributed by atoms with van der Waals surface area (Å²) in [6.07, 6.45) is -4.35.